The Hall–Kier alpha value is -1.71. The smallest absolute Gasteiger partial charge is 0.166 e. The Balaban J connectivity index is 2.01. The third-order valence-electron chi connectivity index (χ3n) is 5.05. The van der Waals surface area contributed by atoms with Crippen molar-refractivity contribution in [2.75, 3.05) is 0 Å². The Labute approximate surface area is 159 Å². The maximum atomic E-state index is 5.80. The van der Waals surface area contributed by atoms with Crippen molar-refractivity contribution in [2.24, 2.45) is 0 Å². The molecule has 0 radical (unpaired) electrons. The predicted molar refractivity (Wildman–Crippen MR) is 111 cm³/mol. The van der Waals surface area contributed by atoms with Gasteiger partial charge in [0.2, 0.25) is 0 Å². The molecule has 0 spiro atoms. The lowest BCUT2D eigenvalue weighted by atomic mass is 9.96. The summed E-state index contributed by atoms with van der Waals surface area (Å²) in [6.45, 7) is 6.55. The molecule has 2 aromatic carbocycles. The molecule has 4 rings (SSSR count). The molecule has 25 heavy (non-hydrogen) atoms. The molecule has 0 amide bonds. The van der Waals surface area contributed by atoms with E-state index in [2.05, 4.69) is 61.7 Å². The summed E-state index contributed by atoms with van der Waals surface area (Å²) in [5.74, 6) is 0. The number of benzene rings is 2. The van der Waals surface area contributed by atoms with Crippen LogP contribution in [0, 0.1) is 24.7 Å². The van der Waals surface area contributed by atoms with E-state index in [-0.39, 0.29) is 0 Å². The molecule has 0 fully saturated rings. The average molecular weight is 366 g/mol. The van der Waals surface area contributed by atoms with Gasteiger partial charge < -0.3 is 0 Å². The Morgan fingerprint density at radius 1 is 0.960 bits per heavy atom. The van der Waals surface area contributed by atoms with Gasteiger partial charge in [-0.3, -0.25) is 4.57 Å². The normalized spacial score (nSPS) is 13.7. The molecule has 0 N–H and O–H groups in total. The summed E-state index contributed by atoms with van der Waals surface area (Å²) < 4.78 is 3.36. The van der Waals surface area contributed by atoms with Gasteiger partial charge in [-0.2, -0.15) is 0 Å². The summed E-state index contributed by atoms with van der Waals surface area (Å²) in [6, 6.07) is 13.4. The van der Waals surface area contributed by atoms with Crippen LogP contribution < -0.4 is 0 Å². The van der Waals surface area contributed by atoms with Gasteiger partial charge in [0.15, 0.2) is 3.95 Å². The van der Waals surface area contributed by atoms with Crippen molar-refractivity contribution in [3.05, 3.63) is 67.6 Å². The molecular weight excluding hydrogens is 342 g/mol. The van der Waals surface area contributed by atoms with Crippen molar-refractivity contribution in [1.82, 2.24) is 4.57 Å². The highest BCUT2D eigenvalue weighted by molar-refractivity contribution is 7.73. The molecule has 1 heterocycles. The van der Waals surface area contributed by atoms with Gasteiger partial charge in [0.1, 0.15) is 0 Å². The zero-order valence-corrected chi connectivity index (χ0v) is 16.7. The molecule has 128 valence electrons. The first-order valence-corrected chi connectivity index (χ1v) is 10.2. The van der Waals surface area contributed by atoms with E-state index in [9.17, 15) is 0 Å². The first-order chi connectivity index (χ1) is 12.0. The lowest BCUT2D eigenvalue weighted by molar-refractivity contribution is 0.666. The number of hydrogen-bond acceptors (Lipinski definition) is 2. The van der Waals surface area contributed by atoms with E-state index in [1.807, 2.05) is 11.3 Å². The molecule has 3 heteroatoms. The summed E-state index contributed by atoms with van der Waals surface area (Å²) in [4.78, 5) is 1.49. The van der Waals surface area contributed by atoms with Crippen LogP contribution in [0.25, 0.3) is 16.8 Å². The predicted octanol–water partition coefficient (Wildman–Crippen LogP) is 6.74. The highest BCUT2D eigenvalue weighted by Crippen LogP contribution is 2.36. The SMILES string of the molecule is Cc1cc(C)cc(-c2cccc(C)c2-n2c3c(sc2=S)CCCC3)c1. The number of fused-ring (bicyclic) bond motifs is 1. The number of thiazole rings is 1. The van der Waals surface area contributed by atoms with Crippen LogP contribution in [-0.4, -0.2) is 4.57 Å². The molecule has 0 saturated carbocycles. The van der Waals surface area contributed by atoms with Gasteiger partial charge in [-0.25, -0.2) is 0 Å². The topological polar surface area (TPSA) is 4.93 Å². The zero-order valence-electron chi connectivity index (χ0n) is 15.1. The molecule has 1 aromatic heterocycles. The van der Waals surface area contributed by atoms with E-state index >= 15 is 0 Å². The Morgan fingerprint density at radius 3 is 2.44 bits per heavy atom. The fourth-order valence-corrected chi connectivity index (χ4v) is 5.58. The fourth-order valence-electron chi connectivity index (χ4n) is 4.01. The van der Waals surface area contributed by atoms with E-state index in [1.54, 1.807) is 0 Å². The van der Waals surface area contributed by atoms with Crippen molar-refractivity contribution in [2.45, 2.75) is 46.5 Å². The Kier molecular flexibility index (Phi) is 4.38. The van der Waals surface area contributed by atoms with E-state index in [0.717, 1.165) is 10.4 Å². The van der Waals surface area contributed by atoms with Crippen molar-refractivity contribution in [3.8, 4) is 16.8 Å². The highest BCUT2D eigenvalue weighted by Gasteiger charge is 2.21. The standard InChI is InChI=1S/C22H23NS2/c1-14-11-15(2)13-17(12-14)18-8-6-7-16(3)21(18)23-19-9-4-5-10-20(19)25-22(23)24/h6-8,11-13H,4-5,9-10H2,1-3H3. The van der Waals surface area contributed by atoms with Crippen molar-refractivity contribution < 1.29 is 0 Å². The second kappa shape index (κ2) is 6.54. The minimum absolute atomic E-state index is 0.992. The van der Waals surface area contributed by atoms with Gasteiger partial charge >= 0.3 is 0 Å². The number of aromatic nitrogens is 1. The number of nitrogens with zero attached hydrogens (tertiary/aromatic N) is 1. The highest BCUT2D eigenvalue weighted by atomic mass is 32.1. The first kappa shape index (κ1) is 16.7. The molecular formula is C22H23NS2. The van der Waals surface area contributed by atoms with E-state index in [4.69, 9.17) is 12.2 Å². The van der Waals surface area contributed by atoms with Crippen molar-refractivity contribution >= 4 is 23.6 Å². The van der Waals surface area contributed by atoms with Gasteiger partial charge in [-0.15, -0.1) is 11.3 Å². The second-order valence-corrected chi connectivity index (χ2v) is 8.86. The quantitative estimate of drug-likeness (QED) is 0.455. The summed E-state index contributed by atoms with van der Waals surface area (Å²) in [6.07, 6.45) is 4.88. The first-order valence-electron chi connectivity index (χ1n) is 8.97. The maximum Gasteiger partial charge on any atom is 0.166 e. The van der Waals surface area contributed by atoms with Crippen LogP contribution in [0.15, 0.2) is 36.4 Å². The molecule has 0 saturated heterocycles. The van der Waals surface area contributed by atoms with E-state index < -0.39 is 0 Å². The monoisotopic (exact) mass is 365 g/mol. The zero-order chi connectivity index (χ0) is 17.6. The number of hydrogen-bond donors (Lipinski definition) is 0. The fraction of sp³-hybridized carbons (Fsp3) is 0.318. The molecule has 1 aliphatic rings. The minimum Gasteiger partial charge on any atom is -0.295 e. The van der Waals surface area contributed by atoms with Gasteiger partial charge in [0.25, 0.3) is 0 Å². The maximum absolute atomic E-state index is 5.80. The molecule has 0 aliphatic heterocycles. The summed E-state index contributed by atoms with van der Waals surface area (Å²) in [5, 5.41) is 0. The van der Waals surface area contributed by atoms with Crippen LogP contribution >= 0.6 is 23.6 Å². The molecule has 3 aromatic rings. The average Bonchev–Trinajstić information content (AvgIpc) is 2.89. The second-order valence-electron chi connectivity index (χ2n) is 7.13. The largest absolute Gasteiger partial charge is 0.295 e. The molecule has 0 bridgehead atoms. The lowest BCUT2D eigenvalue weighted by Gasteiger charge is -2.20. The van der Waals surface area contributed by atoms with Crippen LogP contribution in [0.4, 0.5) is 0 Å². The number of aryl methyl sites for hydroxylation is 4. The number of rotatable bonds is 2. The lowest BCUT2D eigenvalue weighted by Crippen LogP contribution is -2.09. The Bertz CT molecular complexity index is 987. The van der Waals surface area contributed by atoms with Crippen LogP contribution in [-0.2, 0) is 12.8 Å². The third-order valence-corrected chi connectivity index (χ3v) is 6.52. The summed E-state index contributed by atoms with van der Waals surface area (Å²) >= 11 is 7.61. The summed E-state index contributed by atoms with van der Waals surface area (Å²) in [7, 11) is 0. The van der Waals surface area contributed by atoms with Crippen LogP contribution in [0.2, 0.25) is 0 Å². The van der Waals surface area contributed by atoms with Crippen LogP contribution in [0.1, 0.15) is 40.1 Å². The summed E-state index contributed by atoms with van der Waals surface area (Å²) in [5.41, 5.74) is 9.19. The van der Waals surface area contributed by atoms with Crippen LogP contribution in [0.5, 0.6) is 0 Å². The van der Waals surface area contributed by atoms with Crippen molar-refractivity contribution in [1.29, 1.82) is 0 Å². The van der Waals surface area contributed by atoms with E-state index in [0.29, 0.717) is 0 Å². The molecule has 0 unspecified atom stereocenters. The third kappa shape index (κ3) is 3.00. The molecule has 0 atom stereocenters. The van der Waals surface area contributed by atoms with Gasteiger partial charge in [-0.1, -0.05) is 47.5 Å². The minimum atomic E-state index is 0.992. The van der Waals surface area contributed by atoms with Crippen molar-refractivity contribution in [3.63, 3.8) is 0 Å². The molecule has 1 nitrogen and oxygen atoms in total. The number of para-hydroxylation sites is 1. The Morgan fingerprint density at radius 2 is 1.68 bits per heavy atom. The van der Waals surface area contributed by atoms with E-state index in [1.165, 1.54) is 63.3 Å². The van der Waals surface area contributed by atoms with Gasteiger partial charge in [0.05, 0.1) is 5.69 Å². The molecule has 1 aliphatic carbocycles. The van der Waals surface area contributed by atoms with Gasteiger partial charge in [0, 0.05) is 16.1 Å². The van der Waals surface area contributed by atoms with Gasteiger partial charge in [-0.05, 0) is 69.8 Å². The van der Waals surface area contributed by atoms with Crippen LogP contribution in [0.3, 0.4) is 0 Å².